The fourth-order valence-corrected chi connectivity index (χ4v) is 16.3. The number of phosphoric ester groups is 3. The van der Waals surface area contributed by atoms with Crippen LogP contribution in [0.4, 0.5) is 5.82 Å². The van der Waals surface area contributed by atoms with Crippen LogP contribution in [-0.2, 0) is 55.5 Å². The second-order valence-electron chi connectivity index (χ2n) is 22.1. The van der Waals surface area contributed by atoms with Gasteiger partial charge in [-0.1, -0.05) is 46.4 Å². The lowest BCUT2D eigenvalue weighted by molar-refractivity contribution is -0.347. The van der Waals surface area contributed by atoms with Crippen molar-refractivity contribution in [3.63, 3.8) is 0 Å². The van der Waals surface area contributed by atoms with Gasteiger partial charge in [-0.3, -0.25) is 32.9 Å². The number of fused-ring (bicyclic) bond motifs is 6. The van der Waals surface area contributed by atoms with Crippen LogP contribution in [0.3, 0.4) is 0 Å². The summed E-state index contributed by atoms with van der Waals surface area (Å²) in [4.78, 5) is 111. The van der Waals surface area contributed by atoms with Crippen molar-refractivity contribution < 1.29 is 95.5 Å². The van der Waals surface area contributed by atoms with Gasteiger partial charge in [0.25, 0.3) is 15.6 Å². The van der Waals surface area contributed by atoms with Gasteiger partial charge in [0.05, 0.1) is 39.6 Å². The molecule has 0 radical (unpaired) electrons. The van der Waals surface area contributed by atoms with E-state index < -0.39 is 102 Å². The number of Topliss-reactive ketones (excluding diaryl/α,β-unsaturated/α-hetero) is 1. The molecule has 0 bridgehead atoms. The molecule has 4 saturated carbocycles. The number of amides is 2. The van der Waals surface area contributed by atoms with Crippen molar-refractivity contribution in [1.29, 1.82) is 0 Å². The highest BCUT2D eigenvalue weighted by atomic mass is 32.2. The van der Waals surface area contributed by atoms with Crippen LogP contribution in [0.2, 0.25) is 0 Å². The molecule has 2 amide bonds. The van der Waals surface area contributed by atoms with Crippen molar-refractivity contribution in [2.24, 2.45) is 51.8 Å². The van der Waals surface area contributed by atoms with Crippen molar-refractivity contribution in [2.75, 3.05) is 37.8 Å². The van der Waals surface area contributed by atoms with Gasteiger partial charge >= 0.3 is 0 Å². The number of ether oxygens (including phenoxy) is 1. The first-order chi connectivity index (χ1) is 35.4. The Morgan fingerprint density at radius 2 is 1.71 bits per heavy atom. The number of thioether (sulfide) groups is 1. The highest BCUT2D eigenvalue weighted by molar-refractivity contribution is 8.13. The van der Waals surface area contributed by atoms with Crippen LogP contribution in [0.25, 0.3) is 11.2 Å². The number of hydrogen-bond donors (Lipinski definition) is 7. The maximum Gasteiger partial charge on any atom is 0.274 e. The first-order valence-corrected chi connectivity index (χ1v) is 30.6. The van der Waals surface area contributed by atoms with Crippen LogP contribution >= 0.6 is 35.2 Å². The maximum atomic E-state index is 13.0. The third kappa shape index (κ3) is 13.5. The number of aromatic nitrogens is 4. The molecule has 31 heteroatoms. The molecule has 0 spiro atoms. The van der Waals surface area contributed by atoms with Gasteiger partial charge in [-0.2, -0.15) is 0 Å². The Morgan fingerprint density at radius 3 is 2.42 bits per heavy atom. The summed E-state index contributed by atoms with van der Waals surface area (Å²) in [5.41, 5.74) is 3.57. The van der Waals surface area contributed by atoms with E-state index in [-0.39, 0.29) is 94.1 Å². The quantitative estimate of drug-likeness (QED) is 0.0556. The first kappa shape index (κ1) is 60.8. The average molecular weight is 1150 g/mol. The highest BCUT2D eigenvalue weighted by Gasteiger charge is 2.66. The lowest BCUT2D eigenvalue weighted by Gasteiger charge is -2.63. The predicted molar refractivity (Wildman–Crippen MR) is 260 cm³/mol. The number of anilines is 1. The van der Waals surface area contributed by atoms with Crippen LogP contribution in [0.1, 0.15) is 105 Å². The number of imidazole rings is 1. The molecule has 428 valence electrons. The number of carbonyl (C=O) groups excluding carboxylic acids is 4. The van der Waals surface area contributed by atoms with E-state index >= 15 is 0 Å². The molecule has 17 atom stereocenters. The molecule has 76 heavy (non-hydrogen) atoms. The van der Waals surface area contributed by atoms with E-state index in [0.29, 0.717) is 38.5 Å². The van der Waals surface area contributed by atoms with Crippen LogP contribution in [0.15, 0.2) is 12.7 Å². The molecule has 4 aliphatic carbocycles. The number of nitrogens with two attached hydrogens (primary N) is 1. The summed E-state index contributed by atoms with van der Waals surface area (Å²) in [5, 5.41) is 49.9. The van der Waals surface area contributed by atoms with Gasteiger partial charge in [0.15, 0.2) is 22.8 Å². The molecule has 17 unspecified atom stereocenters. The highest BCUT2D eigenvalue weighted by Crippen LogP contribution is 2.68. The monoisotopic (exact) mass is 1150 g/mol. The number of hydrogen-bond acceptors (Lipinski definition) is 25. The predicted octanol–water partition coefficient (Wildman–Crippen LogP) is -0.277. The molecule has 2 aromatic rings. The van der Waals surface area contributed by atoms with E-state index in [4.69, 9.17) is 10.5 Å². The lowest BCUT2D eigenvalue weighted by atomic mass is 9.43. The van der Waals surface area contributed by atoms with Crippen LogP contribution in [-0.4, -0.2) is 131 Å². The van der Waals surface area contributed by atoms with E-state index in [1.165, 1.54) is 13.8 Å². The second kappa shape index (κ2) is 23.7. The minimum atomic E-state index is -5.95. The van der Waals surface area contributed by atoms with Crippen LogP contribution in [0.5, 0.6) is 0 Å². The SMILES string of the molecule is CC(CCC(=O)SCCNC(=O)CCNC(=O)C(O)C(C)(C)COP(=O)([O-])OP(=O)([O-])OCC1OC(n2cnc3c(N)ncnc32)C(O)C1OP(=O)([O-])[O-])C1CCC2C3C(O)CC4CC(=O)CCC4(C)C3CC(O)C12C. The van der Waals surface area contributed by atoms with Gasteiger partial charge in [-0.15, -0.1) is 0 Å². The van der Waals surface area contributed by atoms with E-state index in [0.717, 1.165) is 48.2 Å². The zero-order valence-electron chi connectivity index (χ0n) is 42.7. The minimum Gasteiger partial charge on any atom is -0.790 e. The Hall–Kier alpha value is -2.85. The standard InChI is InChI=1S/C45H72N7O20P3S/c1-23(26-7-8-27-34-28(18-31(55)45(26,27)5)44(4)12-10-25(53)16-24(44)17-29(34)54)6-9-33(57)76-15-14-47-32(56)11-13-48-41(60)38(59)43(2,3)20-69-75(66,67)72-74(64,65)68-19-30-37(71-73(61,62)63)36(58)42(70-30)52-22-51-35-39(46)49-21-50-40(35)52/h21-24,26-31,34,36-38,42,54-55,58-59H,6-20H2,1-5H3,(H,47,56)(H,48,60)(H,64,65)(H,66,67)(H2,46,49,50)(H2,61,62,63)/p-4. The zero-order valence-corrected chi connectivity index (χ0v) is 46.2. The molecule has 5 fully saturated rings. The normalized spacial score (nSPS) is 34.1. The van der Waals surface area contributed by atoms with Gasteiger partial charge in [0, 0.05) is 49.9 Å². The number of carbonyl (C=O) groups is 4. The number of ketones is 1. The third-order valence-electron chi connectivity index (χ3n) is 16.9. The molecule has 7 rings (SSSR count). The molecule has 8 N–H and O–H groups in total. The van der Waals surface area contributed by atoms with Crippen LogP contribution in [0, 0.1) is 51.8 Å². The van der Waals surface area contributed by atoms with E-state index in [1.54, 1.807) is 0 Å². The summed E-state index contributed by atoms with van der Waals surface area (Å²) in [5.74, 6) is -0.214. The summed E-state index contributed by atoms with van der Waals surface area (Å²) in [7, 11) is -17.7. The number of nitrogens with one attached hydrogen (secondary N) is 2. The Labute approximate surface area is 443 Å². The summed E-state index contributed by atoms with van der Waals surface area (Å²) >= 11 is 1.08. The van der Waals surface area contributed by atoms with Crippen molar-refractivity contribution >= 4 is 74.9 Å². The molecule has 2 aromatic heterocycles. The molecule has 27 nitrogen and oxygen atoms in total. The molecule has 1 saturated heterocycles. The number of nitrogens with zero attached hydrogens (tertiary/aromatic N) is 4. The van der Waals surface area contributed by atoms with E-state index in [2.05, 4.69) is 64.2 Å². The molecule has 3 heterocycles. The fourth-order valence-electron chi connectivity index (χ4n) is 12.8. The minimum absolute atomic E-state index is 0.0284. The summed E-state index contributed by atoms with van der Waals surface area (Å²) in [6.45, 7) is 6.55. The van der Waals surface area contributed by atoms with Crippen molar-refractivity contribution in [2.45, 2.75) is 142 Å². The van der Waals surface area contributed by atoms with Crippen molar-refractivity contribution in [3.05, 3.63) is 12.7 Å². The molecule has 5 aliphatic rings. The fraction of sp³-hybridized carbons (Fsp3) is 0.800. The Balaban J connectivity index is 0.785. The van der Waals surface area contributed by atoms with Crippen LogP contribution < -0.4 is 35.9 Å². The Morgan fingerprint density at radius 1 is 1.00 bits per heavy atom. The first-order valence-electron chi connectivity index (χ1n) is 25.2. The summed E-state index contributed by atoms with van der Waals surface area (Å²) in [6.07, 6.45) is -2.94. The number of aliphatic hydroxyl groups is 4. The lowest BCUT2D eigenvalue weighted by Crippen LogP contribution is -2.62. The molecule has 0 aromatic carbocycles. The molecular formula is C45H68N7O20P3S-4. The zero-order chi connectivity index (χ0) is 55.9. The van der Waals surface area contributed by atoms with Gasteiger partial charge in [0.1, 0.15) is 42.0 Å². The molecular weight excluding hydrogens is 1080 g/mol. The number of nitrogen functional groups attached to an aromatic ring is 1. The van der Waals surface area contributed by atoms with Crippen molar-refractivity contribution in [3.8, 4) is 0 Å². The van der Waals surface area contributed by atoms with Gasteiger partial charge < -0.3 is 79.2 Å². The average Bonchev–Trinajstić information content (AvgIpc) is 4.03. The summed E-state index contributed by atoms with van der Waals surface area (Å²) < 4.78 is 61.1. The molecule has 1 aliphatic heterocycles. The number of phosphoric acid groups is 3. The Bertz CT molecular complexity index is 2610. The van der Waals surface area contributed by atoms with Crippen molar-refractivity contribution in [1.82, 2.24) is 30.2 Å². The smallest absolute Gasteiger partial charge is 0.274 e. The number of rotatable bonds is 23. The topological polar surface area (TPSA) is 432 Å². The van der Waals surface area contributed by atoms with Gasteiger partial charge in [-0.05, 0) is 84.9 Å². The number of aliphatic hydroxyl groups excluding tert-OH is 4. The largest absolute Gasteiger partial charge is 0.790 e. The van der Waals surface area contributed by atoms with Gasteiger partial charge in [-0.25, -0.2) is 19.3 Å². The Kier molecular flexibility index (Phi) is 19.0. The third-order valence-corrected chi connectivity index (χ3v) is 20.9. The second-order valence-corrected chi connectivity index (χ2v) is 27.3. The summed E-state index contributed by atoms with van der Waals surface area (Å²) in [6, 6.07) is 0. The van der Waals surface area contributed by atoms with E-state index in [1.807, 2.05) is 0 Å². The van der Waals surface area contributed by atoms with E-state index in [9.17, 15) is 72.9 Å². The maximum absolute atomic E-state index is 13.0. The van der Waals surface area contributed by atoms with Gasteiger partial charge in [0.2, 0.25) is 11.8 Å².